The van der Waals surface area contributed by atoms with Crippen molar-refractivity contribution in [3.8, 4) is 0 Å². The van der Waals surface area contributed by atoms with Crippen LogP contribution in [0.3, 0.4) is 0 Å². The van der Waals surface area contributed by atoms with Crippen molar-refractivity contribution in [2.45, 2.75) is 218 Å². The first kappa shape index (κ1) is 49.1. The van der Waals surface area contributed by atoms with E-state index in [0.717, 1.165) is 11.4 Å². The second-order valence-electron chi connectivity index (χ2n) is 18.5. The average molecular weight is 813 g/mol. The number of anilines is 2. The molecule has 0 aliphatic heterocycles. The summed E-state index contributed by atoms with van der Waals surface area (Å²) in [6, 6.07) is 36.6. The Morgan fingerprint density at radius 3 is 0.800 bits per heavy atom. The molecule has 4 N–H and O–H groups in total. The lowest BCUT2D eigenvalue weighted by atomic mass is 9.86. The molecule has 2 unspecified atom stereocenters. The van der Waals surface area contributed by atoms with Crippen LogP contribution in [0.4, 0.5) is 11.4 Å². The van der Waals surface area contributed by atoms with Crippen LogP contribution in [0.25, 0.3) is 0 Å². The summed E-state index contributed by atoms with van der Waals surface area (Å²) in [5, 5.41) is 0. The zero-order valence-corrected chi connectivity index (χ0v) is 38.8. The van der Waals surface area contributed by atoms with Crippen molar-refractivity contribution >= 4 is 11.4 Å². The molecule has 0 aromatic heterocycles. The molecule has 2 heteroatoms. The van der Waals surface area contributed by atoms with E-state index in [0.29, 0.717) is 11.8 Å². The highest BCUT2D eigenvalue weighted by Crippen LogP contribution is 2.33. The van der Waals surface area contributed by atoms with Crippen LogP contribution < -0.4 is 11.5 Å². The van der Waals surface area contributed by atoms with Gasteiger partial charge in [0.05, 0.1) is 0 Å². The van der Waals surface area contributed by atoms with Gasteiger partial charge in [0.15, 0.2) is 0 Å². The fourth-order valence-electron chi connectivity index (χ4n) is 9.38. The lowest BCUT2D eigenvalue weighted by molar-refractivity contribution is 0.540. The van der Waals surface area contributed by atoms with E-state index in [1.807, 2.05) is 0 Å². The van der Waals surface area contributed by atoms with Crippen molar-refractivity contribution in [3.05, 3.63) is 130 Å². The van der Waals surface area contributed by atoms with Gasteiger partial charge < -0.3 is 11.5 Å². The third-order valence-electron chi connectivity index (χ3n) is 13.3. The maximum atomic E-state index is 6.07. The molecule has 0 saturated heterocycles. The third-order valence-corrected chi connectivity index (χ3v) is 13.3. The molecule has 4 aromatic carbocycles. The molecule has 2 atom stereocenters. The highest BCUT2D eigenvalue weighted by atomic mass is 14.5. The van der Waals surface area contributed by atoms with E-state index in [4.69, 9.17) is 11.5 Å². The zero-order chi connectivity index (χ0) is 42.3. The Morgan fingerprint density at radius 2 is 0.517 bits per heavy atom. The summed E-state index contributed by atoms with van der Waals surface area (Å²) in [7, 11) is 0. The van der Waals surface area contributed by atoms with Gasteiger partial charge in [-0.05, 0) is 96.2 Å². The molecule has 0 heterocycles. The van der Waals surface area contributed by atoms with Crippen LogP contribution in [-0.4, -0.2) is 0 Å². The van der Waals surface area contributed by atoms with E-state index in [9.17, 15) is 0 Å². The first-order chi connectivity index (χ1) is 29.6. The number of benzene rings is 4. The molecule has 2 nitrogen and oxygen atoms in total. The summed E-state index contributed by atoms with van der Waals surface area (Å²) in [6.45, 7) is 4.60. The van der Waals surface area contributed by atoms with Gasteiger partial charge in [0.25, 0.3) is 0 Å². The minimum Gasteiger partial charge on any atom is -0.399 e. The van der Waals surface area contributed by atoms with Crippen molar-refractivity contribution in [2.24, 2.45) is 0 Å². The predicted octanol–water partition coefficient (Wildman–Crippen LogP) is 17.9. The van der Waals surface area contributed by atoms with Crippen LogP contribution in [-0.2, 0) is 12.8 Å². The molecule has 0 bridgehead atoms. The molecule has 60 heavy (non-hydrogen) atoms. The van der Waals surface area contributed by atoms with Crippen molar-refractivity contribution in [1.82, 2.24) is 0 Å². The monoisotopic (exact) mass is 813 g/mol. The van der Waals surface area contributed by atoms with Crippen LogP contribution in [0.15, 0.2) is 97.1 Å². The van der Waals surface area contributed by atoms with E-state index in [2.05, 4.69) is 111 Å². The number of aryl methyl sites for hydroxylation is 2. The lowest BCUT2D eigenvalue weighted by Gasteiger charge is -2.19. The number of unbranched alkanes of at least 4 members (excludes halogenated alkanes) is 23. The average Bonchev–Trinajstić information content (AvgIpc) is 3.27. The molecule has 0 spiro atoms. The fraction of sp³-hybridized carbons (Fsp3) is 0.586. The highest BCUT2D eigenvalue weighted by Gasteiger charge is 2.16. The van der Waals surface area contributed by atoms with Gasteiger partial charge in [-0.2, -0.15) is 0 Å². The zero-order valence-electron chi connectivity index (χ0n) is 38.8. The molecule has 0 radical (unpaired) electrons. The van der Waals surface area contributed by atoms with E-state index in [1.54, 1.807) is 0 Å². The van der Waals surface area contributed by atoms with Gasteiger partial charge in [-0.1, -0.05) is 241 Å². The first-order valence-electron chi connectivity index (χ1n) is 25.5. The normalized spacial score (nSPS) is 12.5. The number of rotatable bonds is 35. The van der Waals surface area contributed by atoms with Gasteiger partial charge in [0, 0.05) is 23.2 Å². The Morgan fingerprint density at radius 1 is 0.283 bits per heavy atom. The second-order valence-corrected chi connectivity index (χ2v) is 18.5. The topological polar surface area (TPSA) is 52.0 Å². The van der Waals surface area contributed by atoms with Gasteiger partial charge in [0.1, 0.15) is 0 Å². The van der Waals surface area contributed by atoms with Gasteiger partial charge in [-0.25, -0.2) is 0 Å². The maximum Gasteiger partial charge on any atom is 0.0314 e. The summed E-state index contributed by atoms with van der Waals surface area (Å²) in [5.41, 5.74) is 22.5. The predicted molar refractivity (Wildman–Crippen MR) is 266 cm³/mol. The largest absolute Gasteiger partial charge is 0.399 e. The van der Waals surface area contributed by atoms with Crippen molar-refractivity contribution in [3.63, 3.8) is 0 Å². The Kier molecular flexibility index (Phi) is 25.7. The Labute approximate surface area is 370 Å². The molecular weight excluding hydrogens is 725 g/mol. The Hall–Kier alpha value is -3.52. The molecule has 0 fully saturated rings. The smallest absolute Gasteiger partial charge is 0.0314 e. The third kappa shape index (κ3) is 20.4. The summed E-state index contributed by atoms with van der Waals surface area (Å²) in [4.78, 5) is 0. The van der Waals surface area contributed by atoms with Crippen molar-refractivity contribution in [2.75, 3.05) is 11.5 Å². The highest BCUT2D eigenvalue weighted by molar-refractivity contribution is 5.44. The fourth-order valence-corrected chi connectivity index (χ4v) is 9.38. The van der Waals surface area contributed by atoms with Crippen LogP contribution >= 0.6 is 0 Å². The molecule has 4 rings (SSSR count). The quantitative estimate of drug-likeness (QED) is 0.0359. The van der Waals surface area contributed by atoms with Crippen LogP contribution in [0.5, 0.6) is 0 Å². The number of hydrogen-bond acceptors (Lipinski definition) is 2. The number of hydrogen-bond donors (Lipinski definition) is 2. The molecular formula is C58H88N2. The second kappa shape index (κ2) is 31.3. The van der Waals surface area contributed by atoms with Crippen molar-refractivity contribution in [1.29, 1.82) is 0 Å². The molecule has 0 saturated carbocycles. The summed E-state index contributed by atoms with van der Waals surface area (Å²) < 4.78 is 0. The Bertz CT molecular complexity index is 1460. The van der Waals surface area contributed by atoms with E-state index in [1.165, 1.54) is 226 Å². The van der Waals surface area contributed by atoms with Gasteiger partial charge >= 0.3 is 0 Å². The number of nitrogens with two attached hydrogens (primary N) is 2. The lowest BCUT2D eigenvalue weighted by Crippen LogP contribution is -2.02. The van der Waals surface area contributed by atoms with Gasteiger partial charge in [0.2, 0.25) is 0 Å². The van der Waals surface area contributed by atoms with Crippen molar-refractivity contribution < 1.29 is 0 Å². The molecule has 0 aliphatic carbocycles. The Balaban J connectivity index is 1.11. The minimum absolute atomic E-state index is 0.456. The maximum absolute atomic E-state index is 6.07. The molecule has 0 amide bonds. The first-order valence-corrected chi connectivity index (χ1v) is 25.5. The summed E-state index contributed by atoms with van der Waals surface area (Å²) >= 11 is 0. The molecule has 0 aliphatic rings. The van der Waals surface area contributed by atoms with Crippen LogP contribution in [0.2, 0.25) is 0 Å². The van der Waals surface area contributed by atoms with Crippen LogP contribution in [0.1, 0.15) is 239 Å². The number of nitrogen functional groups attached to an aromatic ring is 2. The van der Waals surface area contributed by atoms with Gasteiger partial charge in [-0.15, -0.1) is 0 Å². The van der Waals surface area contributed by atoms with E-state index >= 15 is 0 Å². The minimum atomic E-state index is 0.456. The van der Waals surface area contributed by atoms with E-state index in [-0.39, 0.29) is 0 Å². The molecule has 4 aromatic rings. The molecule has 330 valence electrons. The summed E-state index contributed by atoms with van der Waals surface area (Å²) in [6.07, 6.45) is 40.4. The standard InChI is InChI=1S/C58H88N2/c1-3-5-7-9-11-13-15-17-23-27-31-57(53-41-45-55(59)46-42-53)51-37-33-49(34-38-51)29-25-21-19-20-22-26-30-50-35-39-52(40-36-50)58(54-43-47-56(60)48-44-54)32-28-24-18-16-14-12-10-8-6-4-2/h33-48,57-58H,3-32,59-60H2,1-2H3. The SMILES string of the molecule is CCCCCCCCCCCCC(c1ccc(N)cc1)c1ccc(CCCCCCCCc2ccc(C(CCCCCCCCCCCC)c3ccc(N)cc3)cc2)cc1. The van der Waals surface area contributed by atoms with E-state index < -0.39 is 0 Å². The van der Waals surface area contributed by atoms with Crippen LogP contribution in [0, 0.1) is 0 Å². The summed E-state index contributed by atoms with van der Waals surface area (Å²) in [5.74, 6) is 0.912. The van der Waals surface area contributed by atoms with Gasteiger partial charge in [-0.3, -0.25) is 0 Å².